The summed E-state index contributed by atoms with van der Waals surface area (Å²) in [5.74, 6) is -0.301. The molecular formula is C10H20N2O2. The van der Waals surface area contributed by atoms with Gasteiger partial charge in [0.15, 0.2) is 0 Å². The number of carbonyl (C=O) groups excluding carboxylic acids is 2. The summed E-state index contributed by atoms with van der Waals surface area (Å²) in [7, 11) is 0. The quantitative estimate of drug-likeness (QED) is 0.666. The molecule has 0 atom stereocenters. The van der Waals surface area contributed by atoms with Crippen LogP contribution in [0, 0.1) is 0 Å². The highest BCUT2D eigenvalue weighted by molar-refractivity contribution is 5.96. The fraction of sp³-hybridized carbons (Fsp3) is 0.800. The van der Waals surface area contributed by atoms with E-state index >= 15 is 0 Å². The maximum absolute atomic E-state index is 11.5. The summed E-state index contributed by atoms with van der Waals surface area (Å²) in [5.41, 5.74) is 0. The van der Waals surface area contributed by atoms with Crippen molar-refractivity contribution in [2.45, 2.75) is 40.2 Å². The zero-order valence-electron chi connectivity index (χ0n) is 9.46. The van der Waals surface area contributed by atoms with Crippen molar-refractivity contribution in [1.29, 1.82) is 0 Å². The van der Waals surface area contributed by atoms with E-state index in [0.717, 1.165) is 0 Å². The van der Waals surface area contributed by atoms with Gasteiger partial charge in [0, 0.05) is 19.1 Å². The summed E-state index contributed by atoms with van der Waals surface area (Å²) >= 11 is 0. The molecule has 4 heteroatoms. The van der Waals surface area contributed by atoms with Gasteiger partial charge in [0.05, 0.1) is 0 Å². The number of nitrogens with one attached hydrogen (secondary N) is 1. The molecule has 0 aliphatic carbocycles. The van der Waals surface area contributed by atoms with Gasteiger partial charge >= 0.3 is 0 Å². The highest BCUT2D eigenvalue weighted by Gasteiger charge is 2.14. The summed E-state index contributed by atoms with van der Waals surface area (Å²) in [6.07, 6.45) is -0.0418. The first-order valence-electron chi connectivity index (χ1n) is 5.08. The maximum Gasteiger partial charge on any atom is 0.231 e. The van der Waals surface area contributed by atoms with E-state index in [4.69, 9.17) is 0 Å². The zero-order chi connectivity index (χ0) is 11.1. The van der Waals surface area contributed by atoms with E-state index in [-0.39, 0.29) is 24.3 Å². The number of rotatable bonds is 5. The molecule has 0 radical (unpaired) electrons. The van der Waals surface area contributed by atoms with Gasteiger partial charge in [0.25, 0.3) is 0 Å². The van der Waals surface area contributed by atoms with Gasteiger partial charge in [-0.1, -0.05) is 0 Å². The lowest BCUT2D eigenvalue weighted by Crippen LogP contribution is -2.37. The fourth-order valence-electron chi connectivity index (χ4n) is 1.20. The third-order valence-electron chi connectivity index (χ3n) is 1.88. The lowest BCUT2D eigenvalue weighted by atomic mass is 10.3. The maximum atomic E-state index is 11.5. The molecule has 1 N–H and O–H groups in total. The molecule has 0 aliphatic rings. The van der Waals surface area contributed by atoms with E-state index in [9.17, 15) is 9.59 Å². The van der Waals surface area contributed by atoms with Crippen molar-refractivity contribution in [3.05, 3.63) is 0 Å². The molecule has 0 aromatic carbocycles. The van der Waals surface area contributed by atoms with Crippen LogP contribution in [0.2, 0.25) is 0 Å². The summed E-state index contributed by atoms with van der Waals surface area (Å²) < 4.78 is 0. The lowest BCUT2D eigenvalue weighted by Gasteiger charge is -2.18. The molecule has 0 spiro atoms. The first kappa shape index (κ1) is 12.9. The Morgan fingerprint density at radius 2 is 1.71 bits per heavy atom. The Balaban J connectivity index is 3.98. The third-order valence-corrected chi connectivity index (χ3v) is 1.88. The minimum Gasteiger partial charge on any atom is -0.353 e. The predicted molar refractivity (Wildman–Crippen MR) is 55.8 cm³/mol. The number of hydrogen-bond acceptors (Lipinski definition) is 2. The average molecular weight is 200 g/mol. The smallest absolute Gasteiger partial charge is 0.231 e. The molecule has 0 bridgehead atoms. The molecule has 0 heterocycles. The summed E-state index contributed by atoms with van der Waals surface area (Å²) in [4.78, 5) is 24.4. The summed E-state index contributed by atoms with van der Waals surface area (Å²) in [5, 5.41) is 2.69. The van der Waals surface area contributed by atoms with E-state index in [1.807, 2.05) is 27.7 Å². The Bertz CT molecular complexity index is 198. The number of amides is 2. The van der Waals surface area contributed by atoms with Gasteiger partial charge in [-0.2, -0.15) is 0 Å². The monoisotopic (exact) mass is 200 g/mol. The van der Waals surface area contributed by atoms with Gasteiger partial charge in [0.1, 0.15) is 6.42 Å². The second-order valence-electron chi connectivity index (χ2n) is 3.47. The topological polar surface area (TPSA) is 49.4 Å². The van der Waals surface area contributed by atoms with Gasteiger partial charge in [-0.3, -0.25) is 9.59 Å². The van der Waals surface area contributed by atoms with E-state index in [2.05, 4.69) is 5.32 Å². The highest BCUT2D eigenvalue weighted by atomic mass is 16.2. The molecular weight excluding hydrogens is 180 g/mol. The van der Waals surface area contributed by atoms with Crippen molar-refractivity contribution in [2.24, 2.45) is 0 Å². The van der Waals surface area contributed by atoms with Crippen molar-refractivity contribution in [3.8, 4) is 0 Å². The first-order chi connectivity index (χ1) is 6.51. The lowest BCUT2D eigenvalue weighted by molar-refractivity contribution is -0.135. The van der Waals surface area contributed by atoms with Crippen LogP contribution in [0.5, 0.6) is 0 Å². The fourth-order valence-corrected chi connectivity index (χ4v) is 1.20. The predicted octanol–water partition coefficient (Wildman–Crippen LogP) is 0.769. The van der Waals surface area contributed by atoms with Crippen molar-refractivity contribution in [3.63, 3.8) is 0 Å². The third kappa shape index (κ3) is 4.84. The first-order valence-corrected chi connectivity index (χ1v) is 5.08. The normalized spacial score (nSPS) is 10.1. The van der Waals surface area contributed by atoms with Crippen LogP contribution in [0.1, 0.15) is 34.1 Å². The summed E-state index contributed by atoms with van der Waals surface area (Å²) in [6.45, 7) is 8.87. The molecule has 2 amide bonds. The van der Waals surface area contributed by atoms with Crippen LogP contribution in [-0.4, -0.2) is 35.8 Å². The molecule has 0 rings (SSSR count). The van der Waals surface area contributed by atoms with E-state index < -0.39 is 0 Å². The highest BCUT2D eigenvalue weighted by Crippen LogP contribution is 1.94. The van der Waals surface area contributed by atoms with Crippen LogP contribution in [0.25, 0.3) is 0 Å². The minimum atomic E-state index is -0.197. The molecule has 14 heavy (non-hydrogen) atoms. The van der Waals surface area contributed by atoms with E-state index in [1.165, 1.54) is 0 Å². The largest absolute Gasteiger partial charge is 0.353 e. The van der Waals surface area contributed by atoms with Crippen LogP contribution in [0.3, 0.4) is 0 Å². The van der Waals surface area contributed by atoms with E-state index in [0.29, 0.717) is 13.1 Å². The second-order valence-corrected chi connectivity index (χ2v) is 3.47. The summed E-state index contributed by atoms with van der Waals surface area (Å²) in [6, 6.07) is 0.0898. The van der Waals surface area contributed by atoms with Crippen molar-refractivity contribution in [2.75, 3.05) is 13.1 Å². The molecule has 0 unspecified atom stereocenters. The van der Waals surface area contributed by atoms with Crippen LogP contribution in [0.15, 0.2) is 0 Å². The van der Waals surface area contributed by atoms with Gasteiger partial charge in [-0.25, -0.2) is 0 Å². The van der Waals surface area contributed by atoms with Crippen LogP contribution in [0.4, 0.5) is 0 Å². The second kappa shape index (κ2) is 6.40. The minimum absolute atomic E-state index is 0.0418. The number of carbonyl (C=O) groups is 2. The van der Waals surface area contributed by atoms with Crippen molar-refractivity contribution in [1.82, 2.24) is 10.2 Å². The van der Waals surface area contributed by atoms with Gasteiger partial charge in [-0.05, 0) is 27.7 Å². The standard InChI is InChI=1S/C10H20N2O2/c1-5-12(6-2)10(14)7-9(13)11-8(3)4/h8H,5-7H2,1-4H3,(H,11,13). The Morgan fingerprint density at radius 3 is 2.07 bits per heavy atom. The van der Waals surface area contributed by atoms with Crippen LogP contribution in [-0.2, 0) is 9.59 Å². The molecule has 4 nitrogen and oxygen atoms in total. The Labute approximate surface area is 85.7 Å². The van der Waals surface area contributed by atoms with Crippen molar-refractivity contribution < 1.29 is 9.59 Å². The molecule has 0 aromatic heterocycles. The average Bonchev–Trinajstić information content (AvgIpc) is 2.04. The van der Waals surface area contributed by atoms with Crippen LogP contribution >= 0.6 is 0 Å². The molecule has 0 aromatic rings. The number of nitrogens with zero attached hydrogens (tertiary/aromatic N) is 1. The van der Waals surface area contributed by atoms with Gasteiger partial charge in [-0.15, -0.1) is 0 Å². The molecule has 82 valence electrons. The SMILES string of the molecule is CCN(CC)C(=O)CC(=O)NC(C)C. The van der Waals surface area contributed by atoms with Crippen molar-refractivity contribution >= 4 is 11.8 Å². The Kier molecular flexibility index (Phi) is 5.92. The van der Waals surface area contributed by atoms with Gasteiger partial charge in [0.2, 0.25) is 11.8 Å². The van der Waals surface area contributed by atoms with E-state index in [1.54, 1.807) is 4.90 Å². The van der Waals surface area contributed by atoms with Crippen LogP contribution < -0.4 is 5.32 Å². The molecule has 0 saturated carbocycles. The Morgan fingerprint density at radius 1 is 1.21 bits per heavy atom. The Hall–Kier alpha value is -1.06. The van der Waals surface area contributed by atoms with Gasteiger partial charge < -0.3 is 10.2 Å². The zero-order valence-corrected chi connectivity index (χ0v) is 9.46. The number of hydrogen-bond donors (Lipinski definition) is 1. The molecule has 0 saturated heterocycles. The molecule has 0 aliphatic heterocycles. The molecule has 0 fully saturated rings.